The van der Waals surface area contributed by atoms with Gasteiger partial charge in [0.25, 0.3) is 5.91 Å². The number of nitrogens with two attached hydrogens (primary N) is 1. The van der Waals surface area contributed by atoms with Crippen molar-refractivity contribution in [2.75, 3.05) is 5.73 Å². The molecule has 0 spiro atoms. The zero-order chi connectivity index (χ0) is 13.8. The number of halogens is 3. The van der Waals surface area contributed by atoms with Gasteiger partial charge in [-0.15, -0.1) is 0 Å². The summed E-state index contributed by atoms with van der Waals surface area (Å²) < 4.78 is 40.1. The Labute approximate surface area is 107 Å². The summed E-state index contributed by atoms with van der Waals surface area (Å²) in [6.07, 6.45) is -1.04. The number of rotatable bonds is 3. The van der Waals surface area contributed by atoms with Gasteiger partial charge in [-0.05, 0) is 31.7 Å². The largest absolute Gasteiger partial charge is 0.411 e. The molecular weight excluding hydrogens is 259 g/mol. The molecular formula is C12H14F3N3O. The molecule has 4 nitrogen and oxygen atoms in total. The van der Waals surface area contributed by atoms with Crippen molar-refractivity contribution in [1.29, 1.82) is 0 Å². The van der Waals surface area contributed by atoms with E-state index in [9.17, 15) is 18.0 Å². The first-order chi connectivity index (χ1) is 8.82. The summed E-state index contributed by atoms with van der Waals surface area (Å²) in [4.78, 5) is 12.0. The molecule has 2 fully saturated rings. The molecule has 1 heterocycles. The van der Waals surface area contributed by atoms with E-state index in [0.29, 0.717) is 5.69 Å². The Kier molecular flexibility index (Phi) is 2.40. The smallest absolute Gasteiger partial charge is 0.397 e. The Morgan fingerprint density at radius 1 is 1.42 bits per heavy atom. The molecule has 2 aliphatic carbocycles. The van der Waals surface area contributed by atoms with E-state index in [1.54, 1.807) is 10.8 Å². The number of nitrogens with zero attached hydrogens (tertiary/aromatic N) is 1. The fourth-order valence-electron chi connectivity index (χ4n) is 2.22. The summed E-state index contributed by atoms with van der Waals surface area (Å²) in [5.74, 6) is -0.696. The molecule has 7 heteroatoms. The molecule has 1 aromatic heterocycles. The lowest BCUT2D eigenvalue weighted by molar-refractivity contribution is -0.163. The average molecular weight is 273 g/mol. The van der Waals surface area contributed by atoms with Crippen molar-refractivity contribution >= 4 is 11.6 Å². The van der Waals surface area contributed by atoms with Crippen molar-refractivity contribution in [3.05, 3.63) is 18.0 Å². The molecule has 2 saturated carbocycles. The summed E-state index contributed by atoms with van der Waals surface area (Å²) in [6.45, 7) is 0. The van der Waals surface area contributed by atoms with Gasteiger partial charge in [0.05, 0.1) is 5.69 Å². The van der Waals surface area contributed by atoms with Crippen LogP contribution >= 0.6 is 0 Å². The molecule has 2 aliphatic rings. The molecule has 0 aliphatic heterocycles. The van der Waals surface area contributed by atoms with Crippen LogP contribution in [-0.4, -0.2) is 22.2 Å². The summed E-state index contributed by atoms with van der Waals surface area (Å²) in [5, 5.41) is 2.12. The molecule has 0 radical (unpaired) electrons. The van der Waals surface area contributed by atoms with Crippen molar-refractivity contribution < 1.29 is 18.0 Å². The highest BCUT2D eigenvalue weighted by atomic mass is 19.4. The maximum Gasteiger partial charge on any atom is 0.411 e. The lowest BCUT2D eigenvalue weighted by atomic mass is 10.2. The van der Waals surface area contributed by atoms with E-state index >= 15 is 0 Å². The number of amides is 1. The van der Waals surface area contributed by atoms with Gasteiger partial charge in [-0.3, -0.25) is 4.79 Å². The van der Waals surface area contributed by atoms with Crippen molar-refractivity contribution in [2.45, 2.75) is 43.4 Å². The first-order valence-corrected chi connectivity index (χ1v) is 6.19. The molecule has 0 atom stereocenters. The van der Waals surface area contributed by atoms with Crippen LogP contribution in [0, 0.1) is 0 Å². The van der Waals surface area contributed by atoms with Crippen molar-refractivity contribution in [3.63, 3.8) is 0 Å². The number of nitrogen functional groups attached to an aromatic ring is 1. The molecule has 0 bridgehead atoms. The van der Waals surface area contributed by atoms with Gasteiger partial charge in [0.2, 0.25) is 0 Å². The van der Waals surface area contributed by atoms with E-state index in [4.69, 9.17) is 5.73 Å². The van der Waals surface area contributed by atoms with Crippen LogP contribution in [0.1, 0.15) is 42.2 Å². The molecule has 0 aromatic carbocycles. The number of carbonyl (C=O) groups is 1. The Hall–Kier alpha value is -1.66. The number of hydrogen-bond donors (Lipinski definition) is 2. The normalized spacial score (nSPS) is 21.2. The Balaban J connectivity index is 1.81. The molecule has 0 unspecified atom stereocenters. The van der Waals surface area contributed by atoms with Crippen LogP contribution in [0.15, 0.2) is 12.3 Å². The van der Waals surface area contributed by atoms with Crippen LogP contribution in [0.25, 0.3) is 0 Å². The number of anilines is 1. The third kappa shape index (κ3) is 2.06. The van der Waals surface area contributed by atoms with Gasteiger partial charge in [0.1, 0.15) is 11.2 Å². The lowest BCUT2D eigenvalue weighted by Crippen LogP contribution is -2.48. The minimum Gasteiger partial charge on any atom is -0.397 e. The molecule has 3 N–H and O–H groups in total. The van der Waals surface area contributed by atoms with E-state index in [0.717, 1.165) is 12.8 Å². The van der Waals surface area contributed by atoms with Crippen LogP contribution in [-0.2, 0) is 0 Å². The number of alkyl halides is 3. The minimum absolute atomic E-state index is 0.0537. The van der Waals surface area contributed by atoms with Crippen molar-refractivity contribution in [1.82, 2.24) is 9.88 Å². The van der Waals surface area contributed by atoms with E-state index in [1.807, 2.05) is 0 Å². The van der Waals surface area contributed by atoms with Gasteiger partial charge in [-0.25, -0.2) is 0 Å². The number of hydrogen-bond acceptors (Lipinski definition) is 2. The zero-order valence-electron chi connectivity index (χ0n) is 10.1. The highest BCUT2D eigenvalue weighted by Crippen LogP contribution is 2.49. The standard InChI is InChI=1S/C12H14F3N3O/c13-12(14,15)11(3-4-11)17-10(19)9-5-7(16)6-18(9)8-1-2-8/h5-6,8H,1-4,16H2,(H,17,19). The second-order valence-electron chi connectivity index (χ2n) is 5.33. The predicted molar refractivity (Wildman–Crippen MR) is 62.6 cm³/mol. The number of aromatic nitrogens is 1. The van der Waals surface area contributed by atoms with Gasteiger partial charge in [-0.2, -0.15) is 13.2 Å². The molecule has 19 heavy (non-hydrogen) atoms. The molecule has 1 amide bonds. The quantitative estimate of drug-likeness (QED) is 0.887. The van der Waals surface area contributed by atoms with E-state index in [-0.39, 0.29) is 24.6 Å². The maximum absolute atomic E-state index is 12.8. The lowest BCUT2D eigenvalue weighted by Gasteiger charge is -2.21. The summed E-state index contributed by atoms with van der Waals surface area (Å²) in [5.41, 5.74) is 4.21. The van der Waals surface area contributed by atoms with Gasteiger partial charge >= 0.3 is 6.18 Å². The second kappa shape index (κ2) is 3.68. The van der Waals surface area contributed by atoms with Crippen molar-refractivity contribution in [3.8, 4) is 0 Å². The van der Waals surface area contributed by atoms with Gasteiger partial charge in [-0.1, -0.05) is 0 Å². The van der Waals surface area contributed by atoms with Crippen LogP contribution in [0.2, 0.25) is 0 Å². The topological polar surface area (TPSA) is 60.1 Å². The fourth-order valence-corrected chi connectivity index (χ4v) is 2.22. The SMILES string of the molecule is Nc1cc(C(=O)NC2(C(F)(F)F)CC2)n(C2CC2)c1. The molecule has 104 valence electrons. The average Bonchev–Trinajstić information content (AvgIpc) is 3.17. The van der Waals surface area contributed by atoms with Crippen LogP contribution in [0.3, 0.4) is 0 Å². The van der Waals surface area contributed by atoms with E-state index < -0.39 is 17.6 Å². The first kappa shape index (κ1) is 12.4. The highest BCUT2D eigenvalue weighted by Gasteiger charge is 2.64. The number of nitrogens with one attached hydrogen (secondary N) is 1. The van der Waals surface area contributed by atoms with Crippen LogP contribution in [0.4, 0.5) is 18.9 Å². The second-order valence-corrected chi connectivity index (χ2v) is 5.33. The Bertz CT molecular complexity index is 527. The zero-order valence-corrected chi connectivity index (χ0v) is 10.1. The molecule has 1 aromatic rings. The monoisotopic (exact) mass is 273 g/mol. The minimum atomic E-state index is -4.40. The Morgan fingerprint density at radius 2 is 2.05 bits per heavy atom. The molecule has 0 saturated heterocycles. The van der Waals surface area contributed by atoms with Crippen LogP contribution in [0.5, 0.6) is 0 Å². The fraction of sp³-hybridized carbons (Fsp3) is 0.583. The van der Waals surface area contributed by atoms with Crippen LogP contribution < -0.4 is 11.1 Å². The summed E-state index contributed by atoms with van der Waals surface area (Å²) >= 11 is 0. The number of carbonyl (C=O) groups excluding carboxylic acids is 1. The first-order valence-electron chi connectivity index (χ1n) is 6.19. The predicted octanol–water partition coefficient (Wildman–Crippen LogP) is 2.23. The maximum atomic E-state index is 12.8. The molecule has 3 rings (SSSR count). The summed E-state index contributed by atoms with van der Waals surface area (Å²) in [6, 6.07) is 1.62. The summed E-state index contributed by atoms with van der Waals surface area (Å²) in [7, 11) is 0. The Morgan fingerprint density at radius 3 is 2.53 bits per heavy atom. The highest BCUT2D eigenvalue weighted by molar-refractivity contribution is 5.94. The van der Waals surface area contributed by atoms with Gasteiger partial charge in [0, 0.05) is 12.2 Å². The van der Waals surface area contributed by atoms with Crippen molar-refractivity contribution in [2.24, 2.45) is 0 Å². The van der Waals surface area contributed by atoms with Gasteiger partial charge in [0.15, 0.2) is 0 Å². The van der Waals surface area contributed by atoms with E-state index in [2.05, 4.69) is 5.32 Å². The third-order valence-electron chi connectivity index (χ3n) is 3.69. The van der Waals surface area contributed by atoms with E-state index in [1.165, 1.54) is 6.07 Å². The van der Waals surface area contributed by atoms with Gasteiger partial charge < -0.3 is 15.6 Å². The third-order valence-corrected chi connectivity index (χ3v) is 3.69.